The lowest BCUT2D eigenvalue weighted by atomic mass is 9.88. The molecule has 0 aliphatic heterocycles. The van der Waals surface area contributed by atoms with E-state index >= 15 is 0 Å². The van der Waals surface area contributed by atoms with Crippen LogP contribution in [-0.4, -0.2) is 0 Å². The highest BCUT2D eigenvalue weighted by molar-refractivity contribution is 5.97. The first-order chi connectivity index (χ1) is 9.84. The van der Waals surface area contributed by atoms with Crippen LogP contribution in [-0.2, 0) is 0 Å². The van der Waals surface area contributed by atoms with Gasteiger partial charge in [0.15, 0.2) is 0 Å². The molecule has 0 saturated heterocycles. The fraction of sp³-hybridized carbons (Fsp3) is 0.0500. The van der Waals surface area contributed by atoms with E-state index in [1.807, 2.05) is 0 Å². The van der Waals surface area contributed by atoms with Gasteiger partial charge >= 0.3 is 0 Å². The van der Waals surface area contributed by atoms with Crippen LogP contribution >= 0.6 is 0 Å². The Morgan fingerprint density at radius 2 is 1.45 bits per heavy atom. The molecule has 0 saturated carbocycles. The molecule has 0 nitrogen and oxygen atoms in total. The molecule has 1 radical (unpaired) electrons. The molecule has 0 unspecified atom stereocenters. The Kier molecular flexibility index (Phi) is 2.50. The molecule has 1 aliphatic rings. The molecular weight excluding hydrogens is 240 g/mol. The summed E-state index contributed by atoms with van der Waals surface area (Å²) in [6.07, 6.45) is 2.32. The van der Waals surface area contributed by atoms with Crippen LogP contribution < -0.4 is 0 Å². The van der Waals surface area contributed by atoms with Crippen LogP contribution in [0, 0.1) is 5.92 Å². The van der Waals surface area contributed by atoms with Crippen LogP contribution in [0.25, 0.3) is 16.8 Å². The molecule has 0 bridgehead atoms. The molecule has 20 heavy (non-hydrogen) atoms. The Hall–Kier alpha value is -2.34. The van der Waals surface area contributed by atoms with Crippen molar-refractivity contribution in [1.82, 2.24) is 0 Å². The van der Waals surface area contributed by atoms with Gasteiger partial charge in [-0.05, 0) is 34.4 Å². The van der Waals surface area contributed by atoms with E-state index in [0.29, 0.717) is 0 Å². The minimum Gasteiger partial charge on any atom is -0.0622 e. The SMILES string of the molecule is CC1=Cc2c(ccc3ccccc23)[C]1c1ccccc1. The van der Waals surface area contributed by atoms with E-state index in [0.717, 1.165) is 0 Å². The van der Waals surface area contributed by atoms with Crippen molar-refractivity contribution < 1.29 is 0 Å². The van der Waals surface area contributed by atoms with Crippen molar-refractivity contribution in [3.63, 3.8) is 0 Å². The van der Waals surface area contributed by atoms with Crippen LogP contribution in [0.2, 0.25) is 0 Å². The average molecular weight is 255 g/mol. The number of hydrogen-bond acceptors (Lipinski definition) is 0. The van der Waals surface area contributed by atoms with E-state index in [-0.39, 0.29) is 0 Å². The topological polar surface area (TPSA) is 0 Å². The van der Waals surface area contributed by atoms with Gasteiger partial charge in [0, 0.05) is 0 Å². The third kappa shape index (κ3) is 1.61. The van der Waals surface area contributed by atoms with E-state index in [1.165, 1.54) is 39.0 Å². The van der Waals surface area contributed by atoms with Gasteiger partial charge in [0.1, 0.15) is 0 Å². The van der Waals surface area contributed by atoms with Crippen molar-refractivity contribution in [1.29, 1.82) is 0 Å². The fourth-order valence-electron chi connectivity index (χ4n) is 3.16. The standard InChI is InChI=1S/C20H15/c1-14-13-19-17-10-6-5-7-15(17)11-12-18(19)20(14)16-8-3-2-4-9-16/h2-13H,1H3. The molecule has 1 aliphatic carbocycles. The lowest BCUT2D eigenvalue weighted by molar-refractivity contribution is 1.23. The zero-order chi connectivity index (χ0) is 13.5. The van der Waals surface area contributed by atoms with Crippen molar-refractivity contribution in [3.05, 3.63) is 94.9 Å². The van der Waals surface area contributed by atoms with E-state index in [1.54, 1.807) is 0 Å². The Labute approximate surface area is 119 Å². The number of hydrogen-bond donors (Lipinski definition) is 0. The quantitative estimate of drug-likeness (QED) is 0.558. The second-order valence-electron chi connectivity index (χ2n) is 5.32. The third-order valence-electron chi connectivity index (χ3n) is 4.06. The van der Waals surface area contributed by atoms with Gasteiger partial charge in [-0.2, -0.15) is 0 Å². The molecular formula is C20H15. The van der Waals surface area contributed by atoms with Gasteiger partial charge in [0.05, 0.1) is 5.92 Å². The maximum absolute atomic E-state index is 2.32. The summed E-state index contributed by atoms with van der Waals surface area (Å²) < 4.78 is 0. The minimum atomic E-state index is 1.30. The summed E-state index contributed by atoms with van der Waals surface area (Å²) in [5.41, 5.74) is 5.37. The summed E-state index contributed by atoms with van der Waals surface area (Å²) in [4.78, 5) is 0. The highest BCUT2D eigenvalue weighted by atomic mass is 14.3. The van der Waals surface area contributed by atoms with Crippen molar-refractivity contribution >= 4 is 16.8 Å². The van der Waals surface area contributed by atoms with Crippen LogP contribution in [0.3, 0.4) is 0 Å². The molecule has 0 heterocycles. The van der Waals surface area contributed by atoms with E-state index in [2.05, 4.69) is 79.7 Å². The monoisotopic (exact) mass is 255 g/mol. The highest BCUT2D eigenvalue weighted by Gasteiger charge is 2.25. The lowest BCUT2D eigenvalue weighted by Crippen LogP contribution is -2.00. The zero-order valence-corrected chi connectivity index (χ0v) is 11.4. The summed E-state index contributed by atoms with van der Waals surface area (Å²) in [6.45, 7) is 2.21. The molecule has 0 atom stereocenters. The van der Waals surface area contributed by atoms with E-state index in [4.69, 9.17) is 0 Å². The number of fused-ring (bicyclic) bond motifs is 3. The van der Waals surface area contributed by atoms with Gasteiger partial charge in [-0.1, -0.05) is 78.4 Å². The maximum atomic E-state index is 2.32. The van der Waals surface area contributed by atoms with Crippen LogP contribution in [0.15, 0.2) is 72.3 Å². The molecule has 0 amide bonds. The van der Waals surface area contributed by atoms with Gasteiger partial charge in [0.2, 0.25) is 0 Å². The third-order valence-corrected chi connectivity index (χ3v) is 4.06. The van der Waals surface area contributed by atoms with Crippen LogP contribution in [0.4, 0.5) is 0 Å². The lowest BCUT2D eigenvalue weighted by Gasteiger charge is -2.14. The summed E-state index contributed by atoms with van der Waals surface area (Å²) in [5.74, 6) is 1.37. The Morgan fingerprint density at radius 1 is 0.700 bits per heavy atom. The van der Waals surface area contributed by atoms with Crippen LogP contribution in [0.1, 0.15) is 23.6 Å². The molecule has 4 rings (SSSR count). The van der Waals surface area contributed by atoms with Crippen molar-refractivity contribution in [2.75, 3.05) is 0 Å². The number of benzene rings is 3. The van der Waals surface area contributed by atoms with Gasteiger partial charge < -0.3 is 0 Å². The second-order valence-corrected chi connectivity index (χ2v) is 5.32. The summed E-state index contributed by atoms with van der Waals surface area (Å²) in [7, 11) is 0. The van der Waals surface area contributed by atoms with Crippen molar-refractivity contribution in [2.45, 2.75) is 6.92 Å². The first-order valence-electron chi connectivity index (χ1n) is 6.98. The van der Waals surface area contributed by atoms with E-state index < -0.39 is 0 Å². The van der Waals surface area contributed by atoms with Crippen molar-refractivity contribution in [3.8, 4) is 0 Å². The molecule has 95 valence electrons. The van der Waals surface area contributed by atoms with Crippen LogP contribution in [0.5, 0.6) is 0 Å². The normalized spacial score (nSPS) is 14.3. The first kappa shape index (κ1) is 11.5. The van der Waals surface area contributed by atoms with Gasteiger partial charge in [0.25, 0.3) is 0 Å². The second kappa shape index (κ2) is 4.35. The Bertz CT molecular complexity index is 810. The maximum Gasteiger partial charge on any atom is 0.0592 e. The number of rotatable bonds is 1. The van der Waals surface area contributed by atoms with Gasteiger partial charge in [-0.3, -0.25) is 0 Å². The predicted octanol–water partition coefficient (Wildman–Crippen LogP) is 5.23. The Morgan fingerprint density at radius 3 is 2.30 bits per heavy atom. The molecule has 3 aromatic rings. The summed E-state index contributed by atoms with van der Waals surface area (Å²) >= 11 is 0. The first-order valence-corrected chi connectivity index (χ1v) is 6.98. The molecule has 0 N–H and O–H groups in total. The molecule has 0 aromatic heterocycles. The van der Waals surface area contributed by atoms with E-state index in [9.17, 15) is 0 Å². The highest BCUT2D eigenvalue weighted by Crippen LogP contribution is 2.42. The molecule has 0 fully saturated rings. The summed E-state index contributed by atoms with van der Waals surface area (Å²) in [6, 6.07) is 23.8. The van der Waals surface area contributed by atoms with Gasteiger partial charge in [-0.15, -0.1) is 0 Å². The molecule has 0 heteroatoms. The zero-order valence-electron chi connectivity index (χ0n) is 11.4. The largest absolute Gasteiger partial charge is 0.0622 e. The average Bonchev–Trinajstić information content (AvgIpc) is 2.84. The number of allylic oxidation sites excluding steroid dienone is 1. The fourth-order valence-corrected chi connectivity index (χ4v) is 3.16. The molecule has 0 spiro atoms. The van der Waals surface area contributed by atoms with Crippen molar-refractivity contribution in [2.24, 2.45) is 0 Å². The van der Waals surface area contributed by atoms with Gasteiger partial charge in [-0.25, -0.2) is 0 Å². The Balaban J connectivity index is 1.97. The molecule has 3 aromatic carbocycles. The summed E-state index contributed by atoms with van der Waals surface area (Å²) in [5, 5.41) is 2.65. The smallest absolute Gasteiger partial charge is 0.0592 e. The predicted molar refractivity (Wildman–Crippen MR) is 85.5 cm³/mol. The minimum absolute atomic E-state index is 1.30.